The lowest BCUT2D eigenvalue weighted by Gasteiger charge is -2.19. The molecule has 0 aliphatic carbocycles. The average molecular weight is 347 g/mol. The summed E-state index contributed by atoms with van der Waals surface area (Å²) in [5.74, 6) is -0.562. The normalized spacial score (nSPS) is 11.5. The Kier molecular flexibility index (Phi) is 5.41. The van der Waals surface area contributed by atoms with E-state index < -0.39 is 16.0 Å². The predicted octanol–water partition coefficient (Wildman–Crippen LogP) is 2.91. The van der Waals surface area contributed by atoms with Gasteiger partial charge in [-0.1, -0.05) is 35.9 Å². The molecule has 2 aromatic rings. The third-order valence-corrected chi connectivity index (χ3v) is 5.77. The van der Waals surface area contributed by atoms with Crippen molar-refractivity contribution >= 4 is 16.0 Å². The van der Waals surface area contributed by atoms with E-state index in [2.05, 4.69) is 4.74 Å². The molecule has 0 unspecified atom stereocenters. The maximum atomic E-state index is 12.9. The molecule has 5 nitrogen and oxygen atoms in total. The second-order valence-corrected chi connectivity index (χ2v) is 7.73. The van der Waals surface area contributed by atoms with Crippen molar-refractivity contribution in [2.45, 2.75) is 25.3 Å². The molecule has 2 rings (SSSR count). The first kappa shape index (κ1) is 18.2. The number of ether oxygens (including phenoxy) is 1. The topological polar surface area (TPSA) is 63.7 Å². The van der Waals surface area contributed by atoms with Crippen LogP contribution in [0, 0.1) is 13.8 Å². The molecule has 0 spiro atoms. The fraction of sp³-hybridized carbons (Fsp3) is 0.278. The van der Waals surface area contributed by atoms with E-state index in [9.17, 15) is 13.2 Å². The summed E-state index contributed by atoms with van der Waals surface area (Å²) in [6, 6.07) is 12.2. The first-order chi connectivity index (χ1) is 11.3. The van der Waals surface area contributed by atoms with Crippen molar-refractivity contribution in [1.29, 1.82) is 0 Å². The van der Waals surface area contributed by atoms with Crippen molar-refractivity contribution in [2.75, 3.05) is 14.2 Å². The molecule has 0 amide bonds. The van der Waals surface area contributed by atoms with Gasteiger partial charge in [-0.2, -0.15) is 4.31 Å². The van der Waals surface area contributed by atoms with E-state index in [-0.39, 0.29) is 17.0 Å². The Balaban J connectivity index is 2.35. The highest BCUT2D eigenvalue weighted by molar-refractivity contribution is 7.89. The second kappa shape index (κ2) is 7.15. The number of rotatable bonds is 5. The molecular weight excluding hydrogens is 326 g/mol. The summed E-state index contributed by atoms with van der Waals surface area (Å²) in [6.07, 6.45) is 0. The standard InChI is InChI=1S/C18H21NO4S/c1-13-5-8-15(9-6-13)12-19(3)24(21,22)17-11-16(18(20)23-4)10-7-14(17)2/h5-11H,12H2,1-4H3. The van der Waals surface area contributed by atoms with Gasteiger partial charge < -0.3 is 4.74 Å². The van der Waals surface area contributed by atoms with Gasteiger partial charge in [-0.3, -0.25) is 0 Å². The Bertz CT molecular complexity index is 842. The van der Waals surface area contributed by atoms with E-state index in [0.717, 1.165) is 11.1 Å². The van der Waals surface area contributed by atoms with Gasteiger partial charge in [-0.05, 0) is 37.1 Å². The lowest BCUT2D eigenvalue weighted by Crippen LogP contribution is -2.27. The van der Waals surface area contributed by atoms with Crippen molar-refractivity contribution in [1.82, 2.24) is 4.31 Å². The molecule has 0 saturated heterocycles. The number of hydrogen-bond acceptors (Lipinski definition) is 4. The number of aryl methyl sites for hydroxylation is 2. The number of carbonyl (C=O) groups is 1. The fourth-order valence-corrected chi connectivity index (χ4v) is 3.73. The Morgan fingerprint density at radius 3 is 2.29 bits per heavy atom. The number of benzene rings is 2. The molecule has 24 heavy (non-hydrogen) atoms. The van der Waals surface area contributed by atoms with E-state index in [1.807, 2.05) is 31.2 Å². The average Bonchev–Trinajstić information content (AvgIpc) is 2.56. The number of hydrogen-bond donors (Lipinski definition) is 0. The highest BCUT2D eigenvalue weighted by Gasteiger charge is 2.24. The van der Waals surface area contributed by atoms with Crippen LogP contribution in [0.25, 0.3) is 0 Å². The van der Waals surface area contributed by atoms with Crippen LogP contribution < -0.4 is 0 Å². The largest absolute Gasteiger partial charge is 0.465 e. The second-order valence-electron chi connectivity index (χ2n) is 5.72. The Hall–Kier alpha value is -2.18. The van der Waals surface area contributed by atoms with Gasteiger partial charge in [0.15, 0.2) is 0 Å². The Labute approximate surface area is 142 Å². The van der Waals surface area contributed by atoms with Gasteiger partial charge in [0.25, 0.3) is 0 Å². The molecule has 0 bridgehead atoms. The molecule has 0 aliphatic heterocycles. The lowest BCUT2D eigenvalue weighted by atomic mass is 10.1. The van der Waals surface area contributed by atoms with Crippen LogP contribution in [-0.4, -0.2) is 32.8 Å². The van der Waals surface area contributed by atoms with Crippen LogP contribution >= 0.6 is 0 Å². The maximum Gasteiger partial charge on any atom is 0.337 e. The van der Waals surface area contributed by atoms with E-state index in [1.165, 1.54) is 24.5 Å². The number of esters is 1. The van der Waals surface area contributed by atoms with Crippen molar-refractivity contribution in [2.24, 2.45) is 0 Å². The number of nitrogens with zero attached hydrogens (tertiary/aromatic N) is 1. The zero-order valence-electron chi connectivity index (χ0n) is 14.2. The molecular formula is C18H21NO4S. The minimum atomic E-state index is -3.72. The summed E-state index contributed by atoms with van der Waals surface area (Å²) in [4.78, 5) is 11.8. The van der Waals surface area contributed by atoms with Crippen molar-refractivity contribution in [3.05, 3.63) is 64.7 Å². The van der Waals surface area contributed by atoms with E-state index >= 15 is 0 Å². The van der Waals surface area contributed by atoms with Crippen LogP contribution in [0.5, 0.6) is 0 Å². The van der Waals surface area contributed by atoms with Crippen LogP contribution in [0.1, 0.15) is 27.0 Å². The van der Waals surface area contributed by atoms with Crippen LogP contribution in [-0.2, 0) is 21.3 Å². The summed E-state index contributed by atoms with van der Waals surface area (Å²) >= 11 is 0. The van der Waals surface area contributed by atoms with Crippen LogP contribution in [0.3, 0.4) is 0 Å². The fourth-order valence-electron chi connectivity index (χ4n) is 2.33. The molecule has 0 aromatic heterocycles. The van der Waals surface area contributed by atoms with Gasteiger partial charge in [0, 0.05) is 13.6 Å². The van der Waals surface area contributed by atoms with Crippen molar-refractivity contribution in [3.63, 3.8) is 0 Å². The molecule has 0 radical (unpaired) electrons. The minimum Gasteiger partial charge on any atom is -0.465 e. The van der Waals surface area contributed by atoms with Gasteiger partial charge >= 0.3 is 5.97 Å². The zero-order valence-corrected chi connectivity index (χ0v) is 15.1. The summed E-state index contributed by atoms with van der Waals surface area (Å²) in [7, 11) is -0.926. The van der Waals surface area contributed by atoms with Gasteiger partial charge in [-0.15, -0.1) is 0 Å². The molecule has 0 N–H and O–H groups in total. The predicted molar refractivity (Wildman–Crippen MR) is 92.4 cm³/mol. The lowest BCUT2D eigenvalue weighted by molar-refractivity contribution is 0.0600. The first-order valence-corrected chi connectivity index (χ1v) is 8.90. The molecule has 0 aliphatic rings. The molecule has 128 valence electrons. The molecule has 0 heterocycles. The molecule has 0 saturated carbocycles. The molecule has 6 heteroatoms. The highest BCUT2D eigenvalue weighted by atomic mass is 32.2. The summed E-state index contributed by atoms with van der Waals surface area (Å²) in [5, 5.41) is 0. The van der Waals surface area contributed by atoms with Gasteiger partial charge in [0.1, 0.15) is 0 Å². The minimum absolute atomic E-state index is 0.111. The van der Waals surface area contributed by atoms with E-state index in [1.54, 1.807) is 19.1 Å². The van der Waals surface area contributed by atoms with Crippen LogP contribution in [0.15, 0.2) is 47.4 Å². The number of sulfonamides is 1. The van der Waals surface area contributed by atoms with Crippen molar-refractivity contribution in [3.8, 4) is 0 Å². The van der Waals surface area contributed by atoms with Gasteiger partial charge in [0.2, 0.25) is 10.0 Å². The monoisotopic (exact) mass is 347 g/mol. The smallest absolute Gasteiger partial charge is 0.337 e. The van der Waals surface area contributed by atoms with Gasteiger partial charge in [0.05, 0.1) is 17.6 Å². The van der Waals surface area contributed by atoms with E-state index in [4.69, 9.17) is 0 Å². The zero-order chi connectivity index (χ0) is 17.9. The summed E-state index contributed by atoms with van der Waals surface area (Å²) in [5.41, 5.74) is 2.81. The molecule has 0 atom stereocenters. The Morgan fingerprint density at radius 1 is 1.08 bits per heavy atom. The van der Waals surface area contributed by atoms with Crippen molar-refractivity contribution < 1.29 is 17.9 Å². The molecule has 0 fully saturated rings. The Morgan fingerprint density at radius 2 is 1.71 bits per heavy atom. The number of methoxy groups -OCH3 is 1. The highest BCUT2D eigenvalue weighted by Crippen LogP contribution is 2.22. The SMILES string of the molecule is COC(=O)c1ccc(C)c(S(=O)(=O)N(C)Cc2ccc(C)cc2)c1. The summed E-state index contributed by atoms with van der Waals surface area (Å²) < 4.78 is 31.7. The third-order valence-electron chi connectivity index (χ3n) is 3.82. The maximum absolute atomic E-state index is 12.9. The van der Waals surface area contributed by atoms with E-state index in [0.29, 0.717) is 5.56 Å². The number of carbonyl (C=O) groups excluding carboxylic acids is 1. The van der Waals surface area contributed by atoms with Crippen LogP contribution in [0.2, 0.25) is 0 Å². The quantitative estimate of drug-likeness (QED) is 0.780. The molecule has 2 aromatic carbocycles. The first-order valence-electron chi connectivity index (χ1n) is 7.46. The third kappa shape index (κ3) is 3.83. The summed E-state index contributed by atoms with van der Waals surface area (Å²) in [6.45, 7) is 3.93. The van der Waals surface area contributed by atoms with Gasteiger partial charge in [-0.25, -0.2) is 13.2 Å². The van der Waals surface area contributed by atoms with Crippen LogP contribution in [0.4, 0.5) is 0 Å².